The third-order valence-electron chi connectivity index (χ3n) is 4.93. The average Bonchev–Trinajstić information content (AvgIpc) is 3.15. The van der Waals surface area contributed by atoms with Gasteiger partial charge in [0.2, 0.25) is 11.7 Å². The highest BCUT2D eigenvalue weighted by Crippen LogP contribution is 2.36. The number of likely N-dealkylation sites (tertiary alicyclic amines) is 1. The normalized spacial score (nSPS) is 22.7. The van der Waals surface area contributed by atoms with Crippen molar-refractivity contribution < 1.29 is 37.3 Å². The first kappa shape index (κ1) is 23.4. The van der Waals surface area contributed by atoms with Crippen LogP contribution < -0.4 is 4.74 Å². The Morgan fingerprint density at radius 3 is 2.47 bits per heavy atom. The van der Waals surface area contributed by atoms with Gasteiger partial charge in [-0.05, 0) is 25.0 Å². The lowest BCUT2D eigenvalue weighted by molar-refractivity contribution is -0.192. The molecular formula is C20H21F3N4O5. The van der Waals surface area contributed by atoms with Crippen molar-refractivity contribution in [3.63, 3.8) is 0 Å². The van der Waals surface area contributed by atoms with Gasteiger partial charge in [-0.1, -0.05) is 6.07 Å². The summed E-state index contributed by atoms with van der Waals surface area (Å²) in [6.45, 7) is 1.76. The lowest BCUT2D eigenvalue weighted by Gasteiger charge is -2.39. The van der Waals surface area contributed by atoms with Crippen molar-refractivity contribution in [1.82, 2.24) is 19.9 Å². The van der Waals surface area contributed by atoms with Crippen molar-refractivity contribution in [3.05, 3.63) is 48.7 Å². The number of halogens is 3. The fourth-order valence-corrected chi connectivity index (χ4v) is 3.57. The standard InChI is InChI=1S/C18H20N4O3.C2HF3O2/c23-17(16-20-8-4-9-21-16)22-10-3-6-18(13-22)11-14(12-24-18)25-15-5-1-2-7-19-15;3-2(4,5)1(6)7/h1-2,4-5,7-9,14H,3,6,10-13H2;(H,6,7)/t14-,18-;/m0./s1. The van der Waals surface area contributed by atoms with Crippen molar-refractivity contribution in [2.75, 3.05) is 19.7 Å². The van der Waals surface area contributed by atoms with Gasteiger partial charge in [-0.15, -0.1) is 0 Å². The third-order valence-corrected chi connectivity index (χ3v) is 4.93. The Balaban J connectivity index is 0.000000360. The van der Waals surface area contributed by atoms with Crippen LogP contribution in [0.5, 0.6) is 5.88 Å². The number of hydrogen-bond acceptors (Lipinski definition) is 7. The summed E-state index contributed by atoms with van der Waals surface area (Å²) in [6, 6.07) is 7.30. The molecule has 4 rings (SSSR count). The molecule has 0 radical (unpaired) electrons. The van der Waals surface area contributed by atoms with E-state index < -0.39 is 12.1 Å². The number of nitrogens with zero attached hydrogens (tertiary/aromatic N) is 4. The molecule has 0 saturated carbocycles. The van der Waals surface area contributed by atoms with E-state index in [0.717, 1.165) is 19.3 Å². The van der Waals surface area contributed by atoms with E-state index in [1.807, 2.05) is 18.2 Å². The quantitative estimate of drug-likeness (QED) is 0.752. The number of pyridine rings is 1. The maximum Gasteiger partial charge on any atom is 0.490 e. The smallest absolute Gasteiger partial charge is 0.475 e. The molecule has 1 spiro atoms. The zero-order valence-corrected chi connectivity index (χ0v) is 16.9. The number of carboxylic acid groups (broad SMARTS) is 1. The van der Waals surface area contributed by atoms with E-state index in [1.54, 1.807) is 29.6 Å². The molecule has 1 N–H and O–H groups in total. The van der Waals surface area contributed by atoms with Crippen LogP contribution in [0.1, 0.15) is 29.9 Å². The van der Waals surface area contributed by atoms with Crippen LogP contribution in [0.3, 0.4) is 0 Å². The number of rotatable bonds is 3. The van der Waals surface area contributed by atoms with Crippen LogP contribution in [0.25, 0.3) is 0 Å². The monoisotopic (exact) mass is 454 g/mol. The number of ether oxygens (including phenoxy) is 2. The van der Waals surface area contributed by atoms with E-state index in [2.05, 4.69) is 15.0 Å². The van der Waals surface area contributed by atoms with Crippen molar-refractivity contribution in [2.24, 2.45) is 0 Å². The highest BCUT2D eigenvalue weighted by atomic mass is 19.4. The topological polar surface area (TPSA) is 115 Å². The molecule has 12 heteroatoms. The predicted molar refractivity (Wildman–Crippen MR) is 103 cm³/mol. The number of aliphatic carboxylic acids is 1. The van der Waals surface area contributed by atoms with Gasteiger partial charge in [-0.2, -0.15) is 13.2 Å². The Morgan fingerprint density at radius 2 is 1.84 bits per heavy atom. The predicted octanol–water partition coefficient (Wildman–Crippen LogP) is 2.35. The first-order chi connectivity index (χ1) is 15.2. The van der Waals surface area contributed by atoms with E-state index >= 15 is 0 Å². The number of carboxylic acids is 1. The second kappa shape index (κ2) is 9.90. The van der Waals surface area contributed by atoms with Crippen molar-refractivity contribution >= 4 is 11.9 Å². The van der Waals surface area contributed by atoms with Gasteiger partial charge in [-0.25, -0.2) is 19.7 Å². The maximum atomic E-state index is 12.6. The van der Waals surface area contributed by atoms with Gasteiger partial charge in [0, 0.05) is 37.6 Å². The summed E-state index contributed by atoms with van der Waals surface area (Å²) in [5, 5.41) is 7.12. The molecule has 172 valence electrons. The zero-order chi connectivity index (χ0) is 23.2. The molecule has 2 atom stereocenters. The molecule has 2 fully saturated rings. The Kier molecular flexibility index (Phi) is 7.23. The largest absolute Gasteiger partial charge is 0.490 e. The second-order valence-electron chi connectivity index (χ2n) is 7.31. The third kappa shape index (κ3) is 6.13. The molecule has 0 unspecified atom stereocenters. The van der Waals surface area contributed by atoms with Gasteiger partial charge < -0.3 is 19.5 Å². The molecular weight excluding hydrogens is 433 g/mol. The van der Waals surface area contributed by atoms with Crippen LogP contribution >= 0.6 is 0 Å². The molecule has 2 aliphatic heterocycles. The fraction of sp³-hybridized carbons (Fsp3) is 0.450. The van der Waals surface area contributed by atoms with E-state index in [-0.39, 0.29) is 23.4 Å². The Bertz CT molecular complexity index is 916. The maximum absolute atomic E-state index is 12.6. The summed E-state index contributed by atoms with van der Waals surface area (Å²) in [5.41, 5.74) is -0.345. The van der Waals surface area contributed by atoms with Gasteiger partial charge in [0.05, 0.1) is 18.8 Å². The lowest BCUT2D eigenvalue weighted by Crippen LogP contribution is -2.50. The number of amides is 1. The van der Waals surface area contributed by atoms with Gasteiger partial charge in [0.15, 0.2) is 0 Å². The van der Waals surface area contributed by atoms with E-state index in [1.165, 1.54) is 0 Å². The number of carbonyl (C=O) groups is 2. The average molecular weight is 454 g/mol. The van der Waals surface area contributed by atoms with Crippen LogP contribution in [0.2, 0.25) is 0 Å². The number of carbonyl (C=O) groups excluding carboxylic acids is 1. The summed E-state index contributed by atoms with van der Waals surface area (Å²) in [7, 11) is 0. The molecule has 0 aliphatic carbocycles. The molecule has 2 aromatic rings. The van der Waals surface area contributed by atoms with E-state index in [4.69, 9.17) is 19.4 Å². The highest BCUT2D eigenvalue weighted by molar-refractivity contribution is 5.90. The van der Waals surface area contributed by atoms with Gasteiger partial charge in [0.1, 0.15) is 6.10 Å². The molecule has 4 heterocycles. The Hall–Kier alpha value is -3.28. The number of piperidine rings is 1. The van der Waals surface area contributed by atoms with E-state index in [0.29, 0.717) is 25.6 Å². The fourth-order valence-electron chi connectivity index (χ4n) is 3.57. The van der Waals surface area contributed by atoms with Crippen molar-refractivity contribution in [3.8, 4) is 5.88 Å². The van der Waals surface area contributed by atoms with Gasteiger partial charge >= 0.3 is 12.1 Å². The number of aromatic nitrogens is 3. The van der Waals surface area contributed by atoms with Crippen LogP contribution in [0, 0.1) is 0 Å². The highest BCUT2D eigenvalue weighted by Gasteiger charge is 2.45. The first-order valence-corrected chi connectivity index (χ1v) is 9.77. The molecule has 2 saturated heterocycles. The van der Waals surface area contributed by atoms with Crippen LogP contribution in [-0.2, 0) is 9.53 Å². The van der Waals surface area contributed by atoms with Crippen LogP contribution in [0.4, 0.5) is 13.2 Å². The SMILES string of the molecule is O=C(O)C(F)(F)F.O=C(c1ncccn1)N1CCC[C@]2(C[C@H](Oc3ccccn3)CO2)C1. The van der Waals surface area contributed by atoms with Gasteiger partial charge in [0.25, 0.3) is 5.91 Å². The van der Waals surface area contributed by atoms with Gasteiger partial charge in [-0.3, -0.25) is 4.79 Å². The number of alkyl halides is 3. The summed E-state index contributed by atoms with van der Waals surface area (Å²) in [6.07, 6.45) is 2.33. The summed E-state index contributed by atoms with van der Waals surface area (Å²) in [5.74, 6) is -2.06. The second-order valence-corrected chi connectivity index (χ2v) is 7.31. The molecule has 2 aromatic heterocycles. The summed E-state index contributed by atoms with van der Waals surface area (Å²) >= 11 is 0. The summed E-state index contributed by atoms with van der Waals surface area (Å²) < 4.78 is 43.8. The Morgan fingerprint density at radius 1 is 1.16 bits per heavy atom. The minimum absolute atomic E-state index is 0.0436. The summed E-state index contributed by atoms with van der Waals surface area (Å²) in [4.78, 5) is 35.6. The molecule has 1 amide bonds. The first-order valence-electron chi connectivity index (χ1n) is 9.77. The lowest BCUT2D eigenvalue weighted by atomic mass is 9.89. The molecule has 0 bridgehead atoms. The number of hydrogen-bond donors (Lipinski definition) is 1. The molecule has 9 nitrogen and oxygen atoms in total. The minimum atomic E-state index is -5.08. The Labute approximate surface area is 181 Å². The zero-order valence-electron chi connectivity index (χ0n) is 16.9. The van der Waals surface area contributed by atoms with E-state index in [9.17, 15) is 18.0 Å². The van der Waals surface area contributed by atoms with Crippen LogP contribution in [0.15, 0.2) is 42.9 Å². The van der Waals surface area contributed by atoms with Crippen molar-refractivity contribution in [1.29, 1.82) is 0 Å². The van der Waals surface area contributed by atoms with Crippen LogP contribution in [-0.4, -0.2) is 74.4 Å². The molecule has 2 aliphatic rings. The molecule has 32 heavy (non-hydrogen) atoms. The molecule has 0 aromatic carbocycles. The minimum Gasteiger partial charge on any atom is -0.475 e. The van der Waals surface area contributed by atoms with Crippen molar-refractivity contribution in [2.45, 2.75) is 37.1 Å².